The van der Waals surface area contributed by atoms with E-state index in [9.17, 15) is 4.79 Å². The maximum Gasteiger partial charge on any atom is 0.346 e. The maximum atomic E-state index is 10.4. The highest BCUT2D eigenvalue weighted by Crippen LogP contribution is 2.25. The quantitative estimate of drug-likeness (QED) is 0.517. The van der Waals surface area contributed by atoms with Gasteiger partial charge in [0.2, 0.25) is 0 Å². The summed E-state index contributed by atoms with van der Waals surface area (Å²) in [6.45, 7) is 0. The summed E-state index contributed by atoms with van der Waals surface area (Å²) in [4.78, 5) is 10.4. The van der Waals surface area contributed by atoms with Crippen LogP contribution in [0, 0.1) is 17.2 Å². The Kier molecular flexibility index (Phi) is 3.18. The molecule has 3 nitrogen and oxygen atoms in total. The van der Waals surface area contributed by atoms with Crippen molar-refractivity contribution in [3.63, 3.8) is 0 Å². The molecule has 1 heterocycles. The topological polar surface area (TPSA) is 61.1 Å². The summed E-state index contributed by atoms with van der Waals surface area (Å²) in [5, 5.41) is 17.0. The van der Waals surface area contributed by atoms with Crippen LogP contribution in [0.1, 0.15) is 6.42 Å². The summed E-state index contributed by atoms with van der Waals surface area (Å²) in [6.07, 6.45) is 2.56. The fourth-order valence-electron chi connectivity index (χ4n) is 1.08. The van der Waals surface area contributed by atoms with Crippen LogP contribution < -0.4 is 0 Å². The lowest BCUT2D eigenvalue weighted by atomic mass is 10.1. The van der Waals surface area contributed by atoms with Crippen molar-refractivity contribution in [2.45, 2.75) is 6.42 Å². The third-order valence-electron chi connectivity index (χ3n) is 1.72. The Bertz CT molecular complexity index is 248. The number of nitriles is 1. The van der Waals surface area contributed by atoms with Crippen molar-refractivity contribution < 1.29 is 9.90 Å². The molecule has 0 aromatic heterocycles. The number of thioether (sulfide) groups is 1. The number of allylic oxidation sites excluding steroid dienone is 1. The third kappa shape index (κ3) is 2.28. The first-order valence-corrected chi connectivity index (χ1v) is 4.82. The second-order valence-corrected chi connectivity index (χ2v) is 3.77. The lowest BCUT2D eigenvalue weighted by molar-refractivity contribution is -0.132. The van der Waals surface area contributed by atoms with E-state index in [4.69, 9.17) is 10.4 Å². The molecule has 1 aliphatic rings. The number of nitrogens with zero attached hydrogens (tertiary/aromatic N) is 1. The van der Waals surface area contributed by atoms with Gasteiger partial charge in [-0.3, -0.25) is 0 Å². The maximum absolute atomic E-state index is 10.4. The average molecular weight is 183 g/mol. The van der Waals surface area contributed by atoms with Gasteiger partial charge in [-0.05, 0) is 23.8 Å². The van der Waals surface area contributed by atoms with Crippen LogP contribution in [0.5, 0.6) is 0 Å². The highest BCUT2D eigenvalue weighted by Gasteiger charge is 2.16. The zero-order valence-corrected chi connectivity index (χ0v) is 7.30. The van der Waals surface area contributed by atoms with Crippen LogP contribution >= 0.6 is 11.8 Å². The van der Waals surface area contributed by atoms with Crippen LogP contribution in [0.3, 0.4) is 0 Å². The predicted octanol–water partition coefficient (Wildman–Crippen LogP) is 1.27. The van der Waals surface area contributed by atoms with E-state index in [2.05, 4.69) is 0 Å². The molecule has 1 saturated heterocycles. The molecule has 1 aliphatic heterocycles. The van der Waals surface area contributed by atoms with Gasteiger partial charge in [-0.2, -0.15) is 17.0 Å². The van der Waals surface area contributed by atoms with E-state index in [1.165, 1.54) is 0 Å². The van der Waals surface area contributed by atoms with E-state index in [-0.39, 0.29) is 11.5 Å². The first kappa shape index (κ1) is 9.14. The fraction of sp³-hybridized carbons (Fsp3) is 0.500. The van der Waals surface area contributed by atoms with Crippen LogP contribution in [0.15, 0.2) is 11.6 Å². The zero-order valence-electron chi connectivity index (χ0n) is 6.49. The largest absolute Gasteiger partial charge is 0.477 e. The molecule has 0 amide bonds. The molecule has 0 aliphatic carbocycles. The molecule has 0 aromatic rings. The molecular formula is C8H9NO2S. The first-order valence-electron chi connectivity index (χ1n) is 3.67. The Morgan fingerprint density at radius 3 is 2.92 bits per heavy atom. The Hall–Kier alpha value is -0.950. The second-order valence-electron chi connectivity index (χ2n) is 2.62. The van der Waals surface area contributed by atoms with Crippen LogP contribution in [0.25, 0.3) is 0 Å². The van der Waals surface area contributed by atoms with Crippen molar-refractivity contribution in [3.8, 4) is 6.07 Å². The lowest BCUT2D eigenvalue weighted by Crippen LogP contribution is -2.02. The monoisotopic (exact) mass is 183 g/mol. The van der Waals surface area contributed by atoms with Crippen molar-refractivity contribution in [2.75, 3.05) is 11.5 Å². The van der Waals surface area contributed by atoms with Crippen LogP contribution in [-0.2, 0) is 4.79 Å². The van der Waals surface area contributed by atoms with Gasteiger partial charge in [0.1, 0.15) is 11.6 Å². The zero-order chi connectivity index (χ0) is 8.97. The van der Waals surface area contributed by atoms with E-state index in [0.29, 0.717) is 0 Å². The van der Waals surface area contributed by atoms with E-state index < -0.39 is 5.97 Å². The van der Waals surface area contributed by atoms with Crippen molar-refractivity contribution in [1.29, 1.82) is 5.26 Å². The lowest BCUT2D eigenvalue weighted by Gasteiger charge is -1.98. The second kappa shape index (κ2) is 4.17. The Balaban J connectivity index is 2.64. The van der Waals surface area contributed by atoms with Crippen molar-refractivity contribution in [3.05, 3.63) is 11.6 Å². The van der Waals surface area contributed by atoms with Gasteiger partial charge in [-0.1, -0.05) is 6.08 Å². The van der Waals surface area contributed by atoms with Gasteiger partial charge in [0.05, 0.1) is 0 Å². The highest BCUT2D eigenvalue weighted by atomic mass is 32.2. The summed E-state index contributed by atoms with van der Waals surface area (Å²) in [6, 6.07) is 1.68. The number of carboxylic acids is 1. The molecule has 0 aromatic carbocycles. The average Bonchev–Trinajstić information content (AvgIpc) is 2.51. The molecule has 1 atom stereocenters. The minimum atomic E-state index is -1.12. The smallest absolute Gasteiger partial charge is 0.346 e. The number of hydrogen-bond donors (Lipinski definition) is 1. The van der Waals surface area contributed by atoms with E-state index in [0.717, 1.165) is 17.9 Å². The molecule has 0 saturated carbocycles. The van der Waals surface area contributed by atoms with E-state index in [1.54, 1.807) is 23.9 Å². The number of carboxylic acid groups (broad SMARTS) is 1. The summed E-state index contributed by atoms with van der Waals surface area (Å²) in [5.41, 5.74) is -0.123. The van der Waals surface area contributed by atoms with Crippen molar-refractivity contribution in [1.82, 2.24) is 0 Å². The van der Waals surface area contributed by atoms with Gasteiger partial charge in [0, 0.05) is 0 Å². The van der Waals surface area contributed by atoms with Gasteiger partial charge in [0.25, 0.3) is 0 Å². The molecule has 1 rings (SSSR count). The summed E-state index contributed by atoms with van der Waals surface area (Å²) in [7, 11) is 0. The Morgan fingerprint density at radius 1 is 1.75 bits per heavy atom. The van der Waals surface area contributed by atoms with Crippen LogP contribution in [0.4, 0.5) is 0 Å². The number of aliphatic carboxylic acids is 1. The van der Waals surface area contributed by atoms with E-state index in [1.807, 2.05) is 0 Å². The fourth-order valence-corrected chi connectivity index (χ4v) is 2.28. The molecule has 0 spiro atoms. The summed E-state index contributed by atoms with van der Waals surface area (Å²) in [5.74, 6) is 1.17. The Morgan fingerprint density at radius 2 is 2.50 bits per heavy atom. The van der Waals surface area contributed by atoms with Gasteiger partial charge in [0.15, 0.2) is 0 Å². The van der Waals surface area contributed by atoms with Gasteiger partial charge in [-0.25, -0.2) is 4.79 Å². The third-order valence-corrected chi connectivity index (χ3v) is 2.91. The predicted molar refractivity (Wildman–Crippen MR) is 46.8 cm³/mol. The minimum Gasteiger partial charge on any atom is -0.477 e. The van der Waals surface area contributed by atoms with E-state index >= 15 is 0 Å². The first-order chi connectivity index (χ1) is 5.74. The molecule has 4 heteroatoms. The number of hydrogen-bond acceptors (Lipinski definition) is 3. The molecule has 1 fully saturated rings. The standard InChI is InChI=1S/C8H9NO2S/c9-4-7(8(10)11)3-6-1-2-12-5-6/h3,6H,1-2,5H2,(H,10,11)/b7-3-. The SMILES string of the molecule is N#C/C(=C/C1CCSC1)C(=O)O. The molecule has 64 valence electrons. The van der Waals surface area contributed by atoms with Crippen molar-refractivity contribution in [2.24, 2.45) is 5.92 Å². The molecule has 12 heavy (non-hydrogen) atoms. The van der Waals surface area contributed by atoms with Crippen molar-refractivity contribution >= 4 is 17.7 Å². The van der Waals surface area contributed by atoms with Gasteiger partial charge >= 0.3 is 5.97 Å². The highest BCUT2D eigenvalue weighted by molar-refractivity contribution is 7.99. The molecule has 0 bridgehead atoms. The minimum absolute atomic E-state index is 0.123. The number of carbonyl (C=O) groups is 1. The van der Waals surface area contributed by atoms with Crippen LogP contribution in [-0.4, -0.2) is 22.6 Å². The molecule has 1 unspecified atom stereocenters. The summed E-state index contributed by atoms with van der Waals surface area (Å²) >= 11 is 1.80. The Labute approximate surface area is 75.1 Å². The normalized spacial score (nSPS) is 23.6. The molecular weight excluding hydrogens is 174 g/mol. The van der Waals surface area contributed by atoms with Gasteiger partial charge < -0.3 is 5.11 Å². The number of rotatable bonds is 2. The summed E-state index contributed by atoms with van der Waals surface area (Å²) < 4.78 is 0. The molecule has 1 N–H and O–H groups in total. The molecule has 0 radical (unpaired) electrons. The van der Waals surface area contributed by atoms with Crippen LogP contribution in [0.2, 0.25) is 0 Å². The van der Waals surface area contributed by atoms with Gasteiger partial charge in [-0.15, -0.1) is 0 Å².